The van der Waals surface area contributed by atoms with Crippen molar-refractivity contribution in [3.05, 3.63) is 75.7 Å². The van der Waals surface area contributed by atoms with E-state index in [1.165, 1.54) is 36.7 Å². The molecule has 1 saturated heterocycles. The van der Waals surface area contributed by atoms with E-state index >= 15 is 0 Å². The van der Waals surface area contributed by atoms with Gasteiger partial charge in [-0.25, -0.2) is 9.97 Å². The summed E-state index contributed by atoms with van der Waals surface area (Å²) in [4.78, 5) is 32.1. The van der Waals surface area contributed by atoms with E-state index in [9.17, 15) is 28.3 Å². The summed E-state index contributed by atoms with van der Waals surface area (Å²) in [6.07, 6.45) is -2.85. The molecular formula is C24H19F3N8O2. The number of fused-ring (bicyclic) bond motifs is 1. The summed E-state index contributed by atoms with van der Waals surface area (Å²) in [6.45, 7) is 1.60. The molecule has 0 radical (unpaired) electrons. The summed E-state index contributed by atoms with van der Waals surface area (Å²) in [5, 5.41) is 19.8. The van der Waals surface area contributed by atoms with Crippen LogP contribution in [-0.2, 0) is 6.18 Å². The van der Waals surface area contributed by atoms with Gasteiger partial charge in [0.25, 0.3) is 5.56 Å². The van der Waals surface area contributed by atoms with Crippen LogP contribution in [0.4, 0.5) is 24.9 Å². The van der Waals surface area contributed by atoms with Crippen LogP contribution in [0.3, 0.4) is 0 Å². The van der Waals surface area contributed by atoms with Crippen LogP contribution < -0.4 is 16.2 Å². The largest absolute Gasteiger partial charge is 0.417 e. The Balaban J connectivity index is 1.83. The van der Waals surface area contributed by atoms with Crippen molar-refractivity contribution in [1.82, 2.24) is 24.5 Å². The maximum atomic E-state index is 13.8. The van der Waals surface area contributed by atoms with E-state index in [1.54, 1.807) is 11.8 Å². The SMILES string of the molecule is Cc1nc(N)nc(N2C[C@@H](O)C[C@H]2c2nc3cccc(C(F)(F)F)c3c(=O)n2-c2cccnc2)c1C#N. The van der Waals surface area contributed by atoms with Crippen LogP contribution in [0.2, 0.25) is 0 Å². The first-order valence-corrected chi connectivity index (χ1v) is 11.1. The second-order valence-corrected chi connectivity index (χ2v) is 8.55. The third-order valence-corrected chi connectivity index (χ3v) is 6.18. The van der Waals surface area contributed by atoms with Crippen LogP contribution in [0.15, 0.2) is 47.5 Å². The second kappa shape index (κ2) is 8.82. The number of hydrogen-bond donors (Lipinski definition) is 2. The van der Waals surface area contributed by atoms with Gasteiger partial charge >= 0.3 is 6.18 Å². The molecule has 13 heteroatoms. The smallest absolute Gasteiger partial charge is 0.391 e. The van der Waals surface area contributed by atoms with Gasteiger partial charge in [0.05, 0.1) is 46.2 Å². The van der Waals surface area contributed by atoms with E-state index in [4.69, 9.17) is 5.73 Å². The number of nitrogens with zero attached hydrogens (tertiary/aromatic N) is 7. The Bertz CT molecular complexity index is 1620. The average Bonchev–Trinajstić information content (AvgIpc) is 3.24. The summed E-state index contributed by atoms with van der Waals surface area (Å²) < 4.78 is 42.6. The van der Waals surface area contributed by atoms with E-state index in [0.29, 0.717) is 5.69 Å². The number of hydrogen-bond acceptors (Lipinski definition) is 9. The standard InChI is InChI=1S/C24H19F3N8O2/c1-12-15(9-28)20(33-23(29)31-12)34-11-14(36)8-18(34)21-32-17-6-2-5-16(24(25,26)27)19(17)22(37)35(21)13-4-3-7-30-10-13/h2-7,10,14,18,36H,8,11H2,1H3,(H2,29,31,33)/t14-,18-/m0/s1. The fourth-order valence-electron chi connectivity index (χ4n) is 4.65. The monoisotopic (exact) mass is 508 g/mol. The second-order valence-electron chi connectivity index (χ2n) is 8.55. The van der Waals surface area contributed by atoms with Crippen LogP contribution in [0, 0.1) is 18.3 Å². The Labute approximate surface area is 207 Å². The van der Waals surface area contributed by atoms with Crippen molar-refractivity contribution >= 4 is 22.7 Å². The summed E-state index contributed by atoms with van der Waals surface area (Å²) in [5.41, 5.74) is 4.25. The minimum atomic E-state index is -4.79. The number of alkyl halides is 3. The summed E-state index contributed by atoms with van der Waals surface area (Å²) in [6, 6.07) is 7.58. The van der Waals surface area contributed by atoms with Crippen LogP contribution in [0.1, 0.15) is 35.1 Å². The number of β-amino-alcohol motifs (C(OH)–C–C–N with tert-alkyl or cyclic N) is 1. The first-order chi connectivity index (χ1) is 17.6. The van der Waals surface area contributed by atoms with Crippen LogP contribution in [0.5, 0.6) is 0 Å². The normalized spacial score (nSPS) is 17.8. The number of rotatable bonds is 3. The first kappa shape index (κ1) is 24.1. The Morgan fingerprint density at radius 2 is 1.97 bits per heavy atom. The Morgan fingerprint density at radius 3 is 2.65 bits per heavy atom. The Kier molecular flexibility index (Phi) is 5.76. The predicted molar refractivity (Wildman–Crippen MR) is 127 cm³/mol. The van der Waals surface area contributed by atoms with Crippen molar-refractivity contribution in [2.45, 2.75) is 31.7 Å². The number of aliphatic hydroxyl groups is 1. The number of aromatic nitrogens is 5. The first-order valence-electron chi connectivity index (χ1n) is 11.1. The molecule has 0 aliphatic carbocycles. The van der Waals surface area contributed by atoms with Crippen LogP contribution in [0.25, 0.3) is 16.6 Å². The number of nitrogen functional groups attached to an aromatic ring is 1. The molecule has 0 saturated carbocycles. The average molecular weight is 508 g/mol. The predicted octanol–water partition coefficient (Wildman–Crippen LogP) is 2.66. The number of nitrogens with two attached hydrogens (primary N) is 1. The van der Waals surface area contributed by atoms with Gasteiger partial charge in [0, 0.05) is 19.2 Å². The lowest BCUT2D eigenvalue weighted by Gasteiger charge is -2.28. The van der Waals surface area contributed by atoms with Gasteiger partial charge in [0.2, 0.25) is 5.95 Å². The molecule has 4 aromatic rings. The van der Waals surface area contributed by atoms with Gasteiger partial charge in [-0.05, 0) is 31.2 Å². The number of pyridine rings is 1. The number of anilines is 2. The van der Waals surface area contributed by atoms with Crippen molar-refractivity contribution in [1.29, 1.82) is 5.26 Å². The molecule has 3 N–H and O–H groups in total. The molecule has 0 amide bonds. The summed E-state index contributed by atoms with van der Waals surface area (Å²) in [5.74, 6) is 0.0860. The molecule has 0 spiro atoms. The lowest BCUT2D eigenvalue weighted by molar-refractivity contribution is -0.136. The highest BCUT2D eigenvalue weighted by Crippen LogP contribution is 2.39. The topological polar surface area (TPSA) is 147 Å². The quantitative estimate of drug-likeness (QED) is 0.426. The van der Waals surface area contributed by atoms with Gasteiger partial charge in [-0.2, -0.15) is 23.4 Å². The van der Waals surface area contributed by atoms with Crippen molar-refractivity contribution in [2.75, 3.05) is 17.2 Å². The van der Waals surface area contributed by atoms with Crippen molar-refractivity contribution in [2.24, 2.45) is 0 Å². The van der Waals surface area contributed by atoms with Gasteiger partial charge in [0.1, 0.15) is 17.5 Å². The van der Waals surface area contributed by atoms with Gasteiger partial charge < -0.3 is 15.7 Å². The van der Waals surface area contributed by atoms with Crippen molar-refractivity contribution in [3.63, 3.8) is 0 Å². The zero-order valence-electron chi connectivity index (χ0n) is 19.3. The number of aryl methyl sites for hydroxylation is 1. The molecule has 1 fully saturated rings. The summed E-state index contributed by atoms with van der Waals surface area (Å²) >= 11 is 0. The van der Waals surface area contributed by atoms with Gasteiger partial charge in [-0.1, -0.05) is 6.07 Å². The maximum absolute atomic E-state index is 13.8. The molecule has 1 aliphatic rings. The fraction of sp³-hybridized carbons (Fsp3) is 0.250. The van der Waals surface area contributed by atoms with Crippen molar-refractivity contribution in [3.8, 4) is 11.8 Å². The molecule has 10 nitrogen and oxygen atoms in total. The van der Waals surface area contributed by atoms with E-state index < -0.39 is 34.8 Å². The van der Waals surface area contributed by atoms with Crippen LogP contribution in [-0.4, -0.2) is 42.3 Å². The van der Waals surface area contributed by atoms with Gasteiger partial charge in [-0.15, -0.1) is 0 Å². The molecule has 3 aromatic heterocycles. The molecule has 2 atom stereocenters. The van der Waals surface area contributed by atoms with E-state index in [-0.39, 0.29) is 47.3 Å². The molecule has 0 unspecified atom stereocenters. The molecule has 188 valence electrons. The number of benzene rings is 1. The Hall–Kier alpha value is -4.57. The molecule has 5 rings (SSSR count). The molecule has 0 bridgehead atoms. The Morgan fingerprint density at radius 1 is 1.19 bits per heavy atom. The zero-order chi connectivity index (χ0) is 26.5. The highest BCUT2D eigenvalue weighted by Gasteiger charge is 2.40. The fourth-order valence-corrected chi connectivity index (χ4v) is 4.65. The van der Waals surface area contributed by atoms with E-state index in [1.807, 2.05) is 6.07 Å². The summed E-state index contributed by atoms with van der Waals surface area (Å²) in [7, 11) is 0. The van der Waals surface area contributed by atoms with Crippen molar-refractivity contribution < 1.29 is 18.3 Å². The van der Waals surface area contributed by atoms with E-state index in [0.717, 1.165) is 10.6 Å². The third-order valence-electron chi connectivity index (χ3n) is 6.18. The molecule has 4 heterocycles. The van der Waals surface area contributed by atoms with Gasteiger partial charge in [0.15, 0.2) is 5.82 Å². The molecule has 1 aromatic carbocycles. The molecule has 37 heavy (non-hydrogen) atoms. The number of halogens is 3. The minimum Gasteiger partial charge on any atom is -0.391 e. The minimum absolute atomic E-state index is 0.0127. The highest BCUT2D eigenvalue weighted by atomic mass is 19.4. The third kappa shape index (κ3) is 4.11. The van der Waals surface area contributed by atoms with Gasteiger partial charge in [-0.3, -0.25) is 14.3 Å². The van der Waals surface area contributed by atoms with Crippen LogP contribution >= 0.6 is 0 Å². The lowest BCUT2D eigenvalue weighted by atomic mass is 10.1. The molecule has 1 aliphatic heterocycles. The number of aliphatic hydroxyl groups excluding tert-OH is 1. The van der Waals surface area contributed by atoms with E-state index in [2.05, 4.69) is 19.9 Å². The number of nitriles is 1. The maximum Gasteiger partial charge on any atom is 0.417 e. The zero-order valence-corrected chi connectivity index (χ0v) is 19.3. The lowest BCUT2D eigenvalue weighted by Crippen LogP contribution is -2.33. The molecular weight excluding hydrogens is 489 g/mol. The highest BCUT2D eigenvalue weighted by molar-refractivity contribution is 5.82.